The maximum atomic E-state index is 2.40. The molecule has 0 fully saturated rings. The third-order valence-electron chi connectivity index (χ3n) is 2.61. The van der Waals surface area contributed by atoms with Crippen LogP contribution in [-0.2, 0) is 0 Å². The third-order valence-corrected chi connectivity index (χ3v) is 2.61. The summed E-state index contributed by atoms with van der Waals surface area (Å²) in [5.74, 6) is 0.852. The van der Waals surface area contributed by atoms with Gasteiger partial charge in [0.15, 0.2) is 0 Å². The van der Waals surface area contributed by atoms with Gasteiger partial charge < -0.3 is 0 Å². The maximum Gasteiger partial charge on any atom is -0.0329 e. The average molecular weight is 172 g/mol. The summed E-state index contributed by atoms with van der Waals surface area (Å²) in [6.07, 6.45) is 4.02. The van der Waals surface area contributed by atoms with Crippen LogP contribution in [0.25, 0.3) is 0 Å². The van der Waals surface area contributed by atoms with Crippen molar-refractivity contribution in [1.29, 1.82) is 0 Å². The highest BCUT2D eigenvalue weighted by atomic mass is 14.3. The van der Waals surface area contributed by atoms with Crippen LogP contribution in [0.2, 0.25) is 0 Å². The van der Waals surface area contributed by atoms with Crippen molar-refractivity contribution in [3.05, 3.63) is 0 Å². The normalized spacial score (nSPS) is 11.0. The lowest BCUT2D eigenvalue weighted by Crippen LogP contribution is -2.16. The van der Waals surface area contributed by atoms with E-state index in [0.717, 1.165) is 5.92 Å². The molecular formula is C12H28. The van der Waals surface area contributed by atoms with Gasteiger partial charge in [-0.25, -0.2) is 0 Å². The molecule has 76 valence electrons. The van der Waals surface area contributed by atoms with E-state index in [2.05, 4.69) is 34.6 Å². The van der Waals surface area contributed by atoms with Gasteiger partial charge in [0.2, 0.25) is 0 Å². The fourth-order valence-corrected chi connectivity index (χ4v) is 1.52. The predicted octanol–water partition coefficient (Wildman–Crippen LogP) is 4.89. The molecule has 0 aliphatic carbocycles. The van der Waals surface area contributed by atoms with Crippen LogP contribution in [-0.4, -0.2) is 0 Å². The van der Waals surface area contributed by atoms with Gasteiger partial charge in [0.05, 0.1) is 0 Å². The molecule has 0 heterocycles. The highest BCUT2D eigenvalue weighted by molar-refractivity contribution is 4.71. The monoisotopic (exact) mass is 172 g/mol. The minimum Gasteiger partial charge on any atom is -0.0683 e. The Bertz CT molecular complexity index is 78.0. The minimum absolute atomic E-state index is 0.605. The summed E-state index contributed by atoms with van der Waals surface area (Å²) in [6.45, 7) is 15.6. The lowest BCUT2D eigenvalue weighted by Gasteiger charge is -2.28. The van der Waals surface area contributed by atoms with E-state index in [1.54, 1.807) is 0 Å². The third kappa shape index (κ3) is 6.69. The van der Waals surface area contributed by atoms with E-state index in [-0.39, 0.29) is 0 Å². The molecule has 0 spiro atoms. The molecule has 0 saturated carbocycles. The van der Waals surface area contributed by atoms with E-state index in [9.17, 15) is 0 Å². The molecule has 0 amide bonds. The first-order valence-corrected chi connectivity index (χ1v) is 5.54. The molecule has 0 aromatic rings. The molecule has 0 heteroatoms. The molecule has 0 nitrogen and oxygen atoms in total. The smallest absolute Gasteiger partial charge is 0.0329 e. The van der Waals surface area contributed by atoms with Crippen LogP contribution in [0.5, 0.6) is 0 Å². The van der Waals surface area contributed by atoms with Crippen LogP contribution >= 0.6 is 0 Å². The molecule has 0 N–H and O–H groups in total. The lowest BCUT2D eigenvalue weighted by molar-refractivity contribution is 0.236. The van der Waals surface area contributed by atoms with E-state index in [0.29, 0.717) is 5.41 Å². The molecule has 0 aliphatic rings. The van der Waals surface area contributed by atoms with Crippen LogP contribution in [0.4, 0.5) is 0 Å². The van der Waals surface area contributed by atoms with E-state index in [1.165, 1.54) is 19.3 Å². The van der Waals surface area contributed by atoms with Crippen LogP contribution in [0, 0.1) is 11.3 Å². The van der Waals surface area contributed by atoms with Crippen molar-refractivity contribution < 1.29 is 0 Å². The quantitative estimate of drug-likeness (QED) is 0.566. The summed E-state index contributed by atoms with van der Waals surface area (Å²) < 4.78 is 0. The fraction of sp³-hybridized carbons (Fsp3) is 1.00. The van der Waals surface area contributed by atoms with Crippen LogP contribution in [0.3, 0.4) is 0 Å². The molecular weight excluding hydrogens is 144 g/mol. The van der Waals surface area contributed by atoms with Crippen molar-refractivity contribution in [2.24, 2.45) is 11.3 Å². The Morgan fingerprint density at radius 3 is 1.42 bits per heavy atom. The Morgan fingerprint density at radius 1 is 1.00 bits per heavy atom. The van der Waals surface area contributed by atoms with Gasteiger partial charge in [-0.15, -0.1) is 0 Å². The number of rotatable bonds is 4. The minimum atomic E-state index is 0.605. The standard InChI is InChI=1S/C10H22.C2H6/c1-6-10(5,7-2)8-9(3)4;1-2/h9H,6-8H2,1-5H3;1-2H3. The summed E-state index contributed by atoms with van der Waals surface area (Å²) in [6, 6.07) is 0. The molecule has 0 bridgehead atoms. The van der Waals surface area contributed by atoms with Gasteiger partial charge in [-0.2, -0.15) is 0 Å². The SMILES string of the molecule is CC.CCC(C)(CC)CC(C)C. The van der Waals surface area contributed by atoms with E-state index in [4.69, 9.17) is 0 Å². The van der Waals surface area contributed by atoms with E-state index >= 15 is 0 Å². The van der Waals surface area contributed by atoms with Gasteiger partial charge in [-0.05, 0) is 17.8 Å². The average Bonchev–Trinajstić information content (AvgIpc) is 2.07. The van der Waals surface area contributed by atoms with Gasteiger partial charge in [0.1, 0.15) is 0 Å². The van der Waals surface area contributed by atoms with Crippen molar-refractivity contribution in [3.63, 3.8) is 0 Å². The van der Waals surface area contributed by atoms with Crippen LogP contribution in [0.1, 0.15) is 67.7 Å². The highest BCUT2D eigenvalue weighted by Crippen LogP contribution is 2.32. The zero-order chi connectivity index (χ0) is 10.2. The Balaban J connectivity index is 0. The largest absolute Gasteiger partial charge is 0.0683 e. The van der Waals surface area contributed by atoms with Gasteiger partial charge >= 0.3 is 0 Å². The van der Waals surface area contributed by atoms with Crippen molar-refractivity contribution in [2.45, 2.75) is 67.7 Å². The highest BCUT2D eigenvalue weighted by Gasteiger charge is 2.20. The molecule has 0 atom stereocenters. The van der Waals surface area contributed by atoms with Crippen molar-refractivity contribution in [1.82, 2.24) is 0 Å². The van der Waals surface area contributed by atoms with Crippen LogP contribution < -0.4 is 0 Å². The summed E-state index contributed by atoms with van der Waals surface area (Å²) >= 11 is 0. The molecule has 0 unspecified atom stereocenters. The Morgan fingerprint density at radius 2 is 1.33 bits per heavy atom. The molecule has 0 saturated heterocycles. The molecule has 0 rings (SSSR count). The summed E-state index contributed by atoms with van der Waals surface area (Å²) in [5, 5.41) is 0. The second-order valence-corrected chi connectivity index (χ2v) is 4.12. The Hall–Kier alpha value is 0. The lowest BCUT2D eigenvalue weighted by atomic mass is 9.78. The maximum absolute atomic E-state index is 2.40. The molecule has 0 radical (unpaired) electrons. The first kappa shape index (κ1) is 14.5. The number of hydrogen-bond donors (Lipinski definition) is 0. The van der Waals surface area contributed by atoms with Gasteiger partial charge in [0, 0.05) is 0 Å². The molecule has 12 heavy (non-hydrogen) atoms. The van der Waals surface area contributed by atoms with Gasteiger partial charge in [-0.1, -0.05) is 61.3 Å². The Kier molecular flexibility index (Phi) is 9.24. The molecule has 0 aliphatic heterocycles. The van der Waals surface area contributed by atoms with Crippen molar-refractivity contribution >= 4 is 0 Å². The van der Waals surface area contributed by atoms with Gasteiger partial charge in [-0.3, -0.25) is 0 Å². The van der Waals surface area contributed by atoms with E-state index in [1.807, 2.05) is 13.8 Å². The van der Waals surface area contributed by atoms with Gasteiger partial charge in [0.25, 0.3) is 0 Å². The van der Waals surface area contributed by atoms with Crippen LogP contribution in [0.15, 0.2) is 0 Å². The molecule has 0 aromatic heterocycles. The second kappa shape index (κ2) is 7.64. The summed E-state index contributed by atoms with van der Waals surface area (Å²) in [4.78, 5) is 0. The van der Waals surface area contributed by atoms with E-state index < -0.39 is 0 Å². The first-order valence-electron chi connectivity index (χ1n) is 5.54. The van der Waals surface area contributed by atoms with Crippen molar-refractivity contribution in [2.75, 3.05) is 0 Å². The second-order valence-electron chi connectivity index (χ2n) is 4.12. The predicted molar refractivity (Wildman–Crippen MR) is 59.5 cm³/mol. The van der Waals surface area contributed by atoms with Crippen molar-refractivity contribution in [3.8, 4) is 0 Å². The Labute approximate surface area is 79.8 Å². The zero-order valence-electron chi connectivity index (χ0n) is 10.2. The molecule has 0 aromatic carbocycles. The summed E-state index contributed by atoms with van der Waals surface area (Å²) in [5.41, 5.74) is 0.605. The first-order chi connectivity index (χ1) is 5.54. The summed E-state index contributed by atoms with van der Waals surface area (Å²) in [7, 11) is 0. The number of hydrogen-bond acceptors (Lipinski definition) is 0. The zero-order valence-corrected chi connectivity index (χ0v) is 10.2. The fourth-order valence-electron chi connectivity index (χ4n) is 1.52. The topological polar surface area (TPSA) is 0 Å².